The van der Waals surface area contributed by atoms with Gasteiger partial charge < -0.3 is 0 Å². The summed E-state index contributed by atoms with van der Waals surface area (Å²) in [6.45, 7) is 4.00. The van der Waals surface area contributed by atoms with E-state index in [2.05, 4.69) is 19.9 Å². The van der Waals surface area contributed by atoms with Crippen molar-refractivity contribution in [1.82, 2.24) is 24.5 Å². The maximum atomic E-state index is 12.9. The topological polar surface area (TPSA) is 56.5 Å². The van der Waals surface area contributed by atoms with Gasteiger partial charge in [-0.15, -0.1) is 0 Å². The Hall–Kier alpha value is -3.55. The molecule has 5 nitrogen and oxygen atoms in total. The molecule has 0 saturated heterocycles. The highest BCUT2D eigenvalue weighted by atomic mass is 19.4. The zero-order valence-corrected chi connectivity index (χ0v) is 16.3. The van der Waals surface area contributed by atoms with Gasteiger partial charge in [0.1, 0.15) is 6.33 Å². The molecule has 0 N–H and O–H groups in total. The van der Waals surface area contributed by atoms with Crippen molar-refractivity contribution >= 4 is 0 Å². The van der Waals surface area contributed by atoms with Crippen LogP contribution in [0.5, 0.6) is 0 Å². The molecule has 0 saturated carbocycles. The predicted octanol–water partition coefficient (Wildman–Crippen LogP) is 5.53. The fourth-order valence-electron chi connectivity index (χ4n) is 2.94. The summed E-state index contributed by atoms with van der Waals surface area (Å²) in [5.74, 6) is 0.514. The van der Waals surface area contributed by atoms with E-state index in [1.807, 2.05) is 26.0 Å². The Labute approximate surface area is 171 Å². The maximum Gasteiger partial charge on any atom is 0.416 e. The molecular weight excluding hydrogens is 391 g/mol. The number of benzene rings is 1. The first-order valence-corrected chi connectivity index (χ1v) is 9.32. The molecule has 3 heterocycles. The van der Waals surface area contributed by atoms with E-state index in [1.54, 1.807) is 35.6 Å². The van der Waals surface area contributed by atoms with Gasteiger partial charge in [-0.25, -0.2) is 15.0 Å². The van der Waals surface area contributed by atoms with Gasteiger partial charge in [0.05, 0.1) is 17.0 Å². The van der Waals surface area contributed by atoms with E-state index in [-0.39, 0.29) is 5.92 Å². The minimum atomic E-state index is -4.38. The van der Waals surface area contributed by atoms with E-state index in [4.69, 9.17) is 0 Å². The van der Waals surface area contributed by atoms with Crippen LogP contribution in [0.3, 0.4) is 0 Å². The zero-order chi connectivity index (χ0) is 21.3. The van der Waals surface area contributed by atoms with Crippen molar-refractivity contribution in [3.63, 3.8) is 0 Å². The summed E-state index contributed by atoms with van der Waals surface area (Å²) in [5, 5.41) is 0. The van der Waals surface area contributed by atoms with Gasteiger partial charge in [-0.3, -0.25) is 9.55 Å². The van der Waals surface area contributed by atoms with E-state index >= 15 is 0 Å². The summed E-state index contributed by atoms with van der Waals surface area (Å²) in [6, 6.07) is 10.5. The average Bonchev–Trinajstić information content (AvgIpc) is 3.24. The highest BCUT2D eigenvalue weighted by Gasteiger charge is 2.30. The molecule has 0 amide bonds. The molecule has 30 heavy (non-hydrogen) atoms. The Morgan fingerprint density at radius 2 is 1.70 bits per heavy atom. The Balaban J connectivity index is 1.75. The minimum absolute atomic E-state index is 0.112. The molecule has 0 atom stereocenters. The normalized spacial score (nSPS) is 11.8. The lowest BCUT2D eigenvalue weighted by molar-refractivity contribution is -0.137. The number of imidazole rings is 1. The Morgan fingerprint density at radius 1 is 0.933 bits per heavy atom. The maximum absolute atomic E-state index is 12.9. The smallest absolute Gasteiger partial charge is 0.274 e. The third-order valence-electron chi connectivity index (χ3n) is 4.60. The molecule has 0 aliphatic carbocycles. The van der Waals surface area contributed by atoms with E-state index in [0.29, 0.717) is 17.2 Å². The molecule has 1 aromatic carbocycles. The largest absolute Gasteiger partial charge is 0.416 e. The SMILES string of the molecule is CC(C)c1cc(-c2ccc(C(F)(F)F)cc2)nc(-n2cnc(-c3cccnc3)c2)n1. The molecule has 8 heteroatoms. The standard InChI is InChI=1S/C22H18F3N5/c1-14(2)18-10-19(15-5-7-17(8-6-15)22(23,24)25)29-21(28-18)30-12-20(27-13-30)16-4-3-9-26-11-16/h3-14H,1-2H3. The number of alkyl halides is 3. The summed E-state index contributed by atoms with van der Waals surface area (Å²) in [4.78, 5) is 17.7. The molecular formula is C22H18F3N5. The first-order valence-electron chi connectivity index (χ1n) is 9.32. The van der Waals surface area contributed by atoms with Crippen molar-refractivity contribution in [3.8, 4) is 28.5 Å². The van der Waals surface area contributed by atoms with Gasteiger partial charge in [0.2, 0.25) is 5.95 Å². The van der Waals surface area contributed by atoms with E-state index < -0.39 is 11.7 Å². The molecule has 152 valence electrons. The molecule has 0 aliphatic heterocycles. The van der Waals surface area contributed by atoms with Gasteiger partial charge in [0.25, 0.3) is 0 Å². The number of nitrogens with zero attached hydrogens (tertiary/aromatic N) is 5. The Bertz CT molecular complexity index is 1150. The first kappa shape index (κ1) is 19.8. The lowest BCUT2D eigenvalue weighted by Gasteiger charge is -2.12. The van der Waals surface area contributed by atoms with Crippen molar-refractivity contribution in [1.29, 1.82) is 0 Å². The van der Waals surface area contributed by atoms with Crippen LogP contribution in [-0.2, 0) is 6.18 Å². The first-order chi connectivity index (χ1) is 14.3. The van der Waals surface area contributed by atoms with Gasteiger partial charge in [-0.2, -0.15) is 13.2 Å². The molecule has 4 aromatic rings. The lowest BCUT2D eigenvalue weighted by atomic mass is 10.0. The van der Waals surface area contributed by atoms with E-state index in [1.165, 1.54) is 12.1 Å². The van der Waals surface area contributed by atoms with Crippen LogP contribution in [-0.4, -0.2) is 24.5 Å². The Morgan fingerprint density at radius 3 is 2.33 bits per heavy atom. The summed E-state index contributed by atoms with van der Waals surface area (Å²) >= 11 is 0. The molecule has 0 radical (unpaired) electrons. The van der Waals surface area contributed by atoms with Crippen molar-refractivity contribution in [2.24, 2.45) is 0 Å². The second-order valence-corrected chi connectivity index (χ2v) is 7.12. The average molecular weight is 409 g/mol. The second-order valence-electron chi connectivity index (χ2n) is 7.12. The minimum Gasteiger partial charge on any atom is -0.274 e. The van der Waals surface area contributed by atoms with Crippen LogP contribution in [0.1, 0.15) is 31.0 Å². The van der Waals surface area contributed by atoms with Crippen LogP contribution in [0.15, 0.2) is 67.4 Å². The number of hydrogen-bond acceptors (Lipinski definition) is 4. The number of aromatic nitrogens is 5. The van der Waals surface area contributed by atoms with Crippen molar-refractivity contribution in [3.05, 3.63) is 78.6 Å². The molecule has 0 unspecified atom stereocenters. The highest BCUT2D eigenvalue weighted by molar-refractivity contribution is 5.61. The predicted molar refractivity (Wildman–Crippen MR) is 107 cm³/mol. The van der Waals surface area contributed by atoms with Crippen molar-refractivity contribution < 1.29 is 13.2 Å². The molecule has 0 fully saturated rings. The van der Waals surface area contributed by atoms with Crippen LogP contribution in [0.25, 0.3) is 28.5 Å². The van der Waals surface area contributed by atoms with Gasteiger partial charge in [-0.05, 0) is 36.2 Å². The van der Waals surface area contributed by atoms with Gasteiger partial charge >= 0.3 is 6.18 Å². The van der Waals surface area contributed by atoms with Crippen LogP contribution in [0, 0.1) is 0 Å². The van der Waals surface area contributed by atoms with Crippen molar-refractivity contribution in [2.75, 3.05) is 0 Å². The molecule has 0 bridgehead atoms. The fraction of sp³-hybridized carbons (Fsp3) is 0.182. The van der Waals surface area contributed by atoms with Crippen LogP contribution < -0.4 is 0 Å². The van der Waals surface area contributed by atoms with Crippen molar-refractivity contribution in [2.45, 2.75) is 25.9 Å². The quantitative estimate of drug-likeness (QED) is 0.444. The van der Waals surface area contributed by atoms with Crippen LogP contribution in [0.2, 0.25) is 0 Å². The van der Waals surface area contributed by atoms with Crippen LogP contribution in [0.4, 0.5) is 13.2 Å². The number of halogens is 3. The number of hydrogen-bond donors (Lipinski definition) is 0. The monoisotopic (exact) mass is 409 g/mol. The van der Waals surface area contributed by atoms with Gasteiger partial charge in [-0.1, -0.05) is 26.0 Å². The Kier molecular flexibility index (Phi) is 5.07. The lowest BCUT2D eigenvalue weighted by Crippen LogP contribution is -2.06. The number of rotatable bonds is 4. The van der Waals surface area contributed by atoms with E-state index in [9.17, 15) is 13.2 Å². The second kappa shape index (κ2) is 7.70. The van der Waals surface area contributed by atoms with Gasteiger partial charge in [0, 0.05) is 35.4 Å². The number of pyridine rings is 1. The summed E-state index contributed by atoms with van der Waals surface area (Å²) in [5.41, 5.74) is 2.80. The third kappa shape index (κ3) is 4.07. The molecule has 0 aliphatic rings. The van der Waals surface area contributed by atoms with E-state index in [0.717, 1.165) is 29.1 Å². The summed E-state index contributed by atoms with van der Waals surface area (Å²) in [6.07, 6.45) is 2.43. The summed E-state index contributed by atoms with van der Waals surface area (Å²) in [7, 11) is 0. The summed E-state index contributed by atoms with van der Waals surface area (Å²) < 4.78 is 40.3. The molecule has 0 spiro atoms. The molecule has 4 rings (SSSR count). The zero-order valence-electron chi connectivity index (χ0n) is 16.3. The molecule has 3 aromatic heterocycles. The highest BCUT2D eigenvalue weighted by Crippen LogP contribution is 2.31. The van der Waals surface area contributed by atoms with Gasteiger partial charge in [0.15, 0.2) is 0 Å². The third-order valence-corrected chi connectivity index (χ3v) is 4.60. The fourth-order valence-corrected chi connectivity index (χ4v) is 2.94. The van der Waals surface area contributed by atoms with Crippen LogP contribution >= 0.6 is 0 Å².